The van der Waals surface area contributed by atoms with Crippen molar-refractivity contribution in [3.8, 4) is 11.5 Å². The van der Waals surface area contributed by atoms with Gasteiger partial charge in [-0.1, -0.05) is 12.1 Å². The third kappa shape index (κ3) is 5.52. The van der Waals surface area contributed by atoms with E-state index in [9.17, 15) is 8.42 Å². The second-order valence-electron chi connectivity index (χ2n) is 5.45. The number of methoxy groups -OCH3 is 1. The highest BCUT2D eigenvalue weighted by Crippen LogP contribution is 2.15. The van der Waals surface area contributed by atoms with E-state index in [4.69, 9.17) is 14.6 Å². The number of hydrogen-bond donors (Lipinski definition) is 1. The minimum atomic E-state index is -3.67. The quantitative estimate of drug-likeness (QED) is 0.786. The first-order chi connectivity index (χ1) is 11.4. The van der Waals surface area contributed by atoms with Gasteiger partial charge in [-0.15, -0.1) is 0 Å². The molecular weight excluding hydrogens is 328 g/mol. The summed E-state index contributed by atoms with van der Waals surface area (Å²) in [7, 11) is -0.00754. The van der Waals surface area contributed by atoms with Gasteiger partial charge in [0.25, 0.3) is 0 Å². The molecule has 0 fully saturated rings. The molecule has 2 N–H and O–H groups in total. The van der Waals surface area contributed by atoms with Crippen molar-refractivity contribution in [3.05, 3.63) is 54.1 Å². The molecule has 0 aromatic heterocycles. The second kappa shape index (κ2) is 8.14. The molecule has 0 aliphatic rings. The van der Waals surface area contributed by atoms with Crippen molar-refractivity contribution in [2.24, 2.45) is 5.14 Å². The Morgan fingerprint density at radius 1 is 1.00 bits per heavy atom. The summed E-state index contributed by atoms with van der Waals surface area (Å²) in [5, 5.41) is 5.06. The van der Waals surface area contributed by atoms with Crippen molar-refractivity contribution >= 4 is 10.0 Å². The minimum Gasteiger partial charge on any atom is -0.497 e. The van der Waals surface area contributed by atoms with Crippen LogP contribution in [0.2, 0.25) is 0 Å². The van der Waals surface area contributed by atoms with Crippen molar-refractivity contribution in [2.45, 2.75) is 11.4 Å². The predicted molar refractivity (Wildman–Crippen MR) is 92.6 cm³/mol. The maximum Gasteiger partial charge on any atom is 0.238 e. The highest BCUT2D eigenvalue weighted by atomic mass is 32.2. The first-order valence-electron chi connectivity index (χ1n) is 7.45. The highest BCUT2D eigenvalue weighted by Gasteiger charge is 2.07. The Kier molecular flexibility index (Phi) is 6.19. The van der Waals surface area contributed by atoms with Crippen LogP contribution < -0.4 is 14.6 Å². The lowest BCUT2D eigenvalue weighted by Gasteiger charge is -2.17. The average molecular weight is 350 g/mol. The van der Waals surface area contributed by atoms with Crippen molar-refractivity contribution in [3.63, 3.8) is 0 Å². The molecule has 0 atom stereocenters. The van der Waals surface area contributed by atoms with Crippen LogP contribution >= 0.6 is 0 Å². The smallest absolute Gasteiger partial charge is 0.238 e. The zero-order valence-electron chi connectivity index (χ0n) is 13.8. The number of primary sulfonamides is 1. The molecule has 24 heavy (non-hydrogen) atoms. The maximum absolute atomic E-state index is 11.2. The molecule has 0 saturated heterocycles. The molecule has 0 unspecified atom stereocenters. The van der Waals surface area contributed by atoms with E-state index in [1.54, 1.807) is 19.2 Å². The third-order valence-electron chi connectivity index (χ3n) is 3.51. The van der Waals surface area contributed by atoms with Crippen LogP contribution in [-0.2, 0) is 16.6 Å². The molecule has 0 amide bonds. The molecule has 130 valence electrons. The molecular formula is C17H22N2O4S. The van der Waals surface area contributed by atoms with Gasteiger partial charge >= 0.3 is 0 Å². The third-order valence-corrected chi connectivity index (χ3v) is 4.43. The first-order valence-corrected chi connectivity index (χ1v) is 9.00. The molecule has 2 aromatic rings. The fourth-order valence-electron chi connectivity index (χ4n) is 2.17. The van der Waals surface area contributed by atoms with Gasteiger partial charge in [-0.2, -0.15) is 0 Å². The van der Waals surface area contributed by atoms with Crippen molar-refractivity contribution in [1.82, 2.24) is 4.90 Å². The number of sulfonamides is 1. The van der Waals surface area contributed by atoms with E-state index in [1.165, 1.54) is 17.7 Å². The van der Waals surface area contributed by atoms with Crippen molar-refractivity contribution < 1.29 is 17.9 Å². The van der Waals surface area contributed by atoms with Gasteiger partial charge in [0.1, 0.15) is 18.1 Å². The minimum absolute atomic E-state index is 0.0754. The van der Waals surface area contributed by atoms with Crippen LogP contribution in [0.4, 0.5) is 0 Å². The Morgan fingerprint density at radius 3 is 2.12 bits per heavy atom. The Hall–Kier alpha value is -2.09. The van der Waals surface area contributed by atoms with Crippen LogP contribution in [0.15, 0.2) is 53.4 Å². The lowest BCUT2D eigenvalue weighted by Crippen LogP contribution is -2.23. The Balaban J connectivity index is 1.78. The Labute approximate surface area is 142 Å². The number of hydrogen-bond acceptors (Lipinski definition) is 5. The molecule has 7 heteroatoms. The van der Waals surface area contributed by atoms with E-state index in [0.717, 1.165) is 18.8 Å². The second-order valence-corrected chi connectivity index (χ2v) is 7.01. The lowest BCUT2D eigenvalue weighted by molar-refractivity contribution is 0.232. The highest BCUT2D eigenvalue weighted by molar-refractivity contribution is 7.89. The van der Waals surface area contributed by atoms with E-state index in [1.807, 2.05) is 31.3 Å². The summed E-state index contributed by atoms with van der Waals surface area (Å²) in [5.74, 6) is 1.45. The van der Waals surface area contributed by atoms with E-state index in [-0.39, 0.29) is 4.90 Å². The van der Waals surface area contributed by atoms with Crippen molar-refractivity contribution in [2.75, 3.05) is 27.3 Å². The van der Waals surface area contributed by atoms with Gasteiger partial charge in [-0.05, 0) is 49.0 Å². The number of rotatable bonds is 8. The topological polar surface area (TPSA) is 81.9 Å². The number of ether oxygens (including phenoxy) is 2. The zero-order valence-corrected chi connectivity index (χ0v) is 14.6. The summed E-state index contributed by atoms with van der Waals surface area (Å²) in [6.45, 7) is 2.04. The largest absolute Gasteiger partial charge is 0.497 e. The average Bonchev–Trinajstić information content (AvgIpc) is 2.55. The molecule has 0 aliphatic heterocycles. The Bertz CT molecular complexity index is 743. The molecule has 0 spiro atoms. The van der Waals surface area contributed by atoms with Gasteiger partial charge in [0.2, 0.25) is 10.0 Å². The van der Waals surface area contributed by atoms with Crippen LogP contribution in [0.3, 0.4) is 0 Å². The predicted octanol–water partition coefficient (Wildman–Crippen LogP) is 1.85. The van der Waals surface area contributed by atoms with Gasteiger partial charge in [-0.3, -0.25) is 4.90 Å². The molecule has 0 aliphatic carbocycles. The number of likely N-dealkylation sites (N-methyl/N-ethyl adjacent to an activating group) is 1. The first kappa shape index (κ1) is 18.3. The van der Waals surface area contributed by atoms with Gasteiger partial charge in [0.15, 0.2) is 0 Å². The summed E-state index contributed by atoms with van der Waals surface area (Å²) in [6, 6.07) is 14.0. The SMILES string of the molecule is COc1ccc(CN(C)CCOc2ccc(S(N)(=O)=O)cc2)cc1. The van der Waals surface area contributed by atoms with E-state index in [0.29, 0.717) is 12.4 Å². The van der Waals surface area contributed by atoms with Gasteiger partial charge in [0.05, 0.1) is 12.0 Å². The molecule has 6 nitrogen and oxygen atoms in total. The fraction of sp³-hybridized carbons (Fsp3) is 0.294. The molecule has 0 radical (unpaired) electrons. The lowest BCUT2D eigenvalue weighted by atomic mass is 10.2. The standard InChI is InChI=1S/C17H22N2O4S/c1-19(13-14-3-5-15(22-2)6-4-14)11-12-23-16-7-9-17(10-8-16)24(18,20)21/h3-10H,11-13H2,1-2H3,(H2,18,20,21). The van der Waals surface area contributed by atoms with Crippen LogP contribution in [0.25, 0.3) is 0 Å². The molecule has 2 aromatic carbocycles. The summed E-state index contributed by atoms with van der Waals surface area (Å²) in [4.78, 5) is 2.21. The number of nitrogens with two attached hydrogens (primary N) is 1. The fourth-order valence-corrected chi connectivity index (χ4v) is 2.68. The summed E-state index contributed by atoms with van der Waals surface area (Å²) in [6.07, 6.45) is 0. The summed E-state index contributed by atoms with van der Waals surface area (Å²) < 4.78 is 33.1. The van der Waals surface area contributed by atoms with Gasteiger partial charge in [0, 0.05) is 13.1 Å². The monoisotopic (exact) mass is 350 g/mol. The van der Waals surface area contributed by atoms with E-state index < -0.39 is 10.0 Å². The summed E-state index contributed by atoms with van der Waals surface area (Å²) >= 11 is 0. The van der Waals surface area contributed by atoms with Gasteiger partial charge in [-0.25, -0.2) is 13.6 Å². The van der Waals surface area contributed by atoms with Crippen LogP contribution in [0.1, 0.15) is 5.56 Å². The van der Waals surface area contributed by atoms with Crippen molar-refractivity contribution in [1.29, 1.82) is 0 Å². The van der Waals surface area contributed by atoms with Crippen LogP contribution in [0, 0.1) is 0 Å². The molecule has 0 saturated carbocycles. The van der Waals surface area contributed by atoms with Crippen LogP contribution in [0.5, 0.6) is 11.5 Å². The normalized spacial score (nSPS) is 11.5. The van der Waals surface area contributed by atoms with E-state index in [2.05, 4.69) is 4.90 Å². The summed E-state index contributed by atoms with van der Waals surface area (Å²) in [5.41, 5.74) is 1.19. The molecule has 0 heterocycles. The van der Waals surface area contributed by atoms with Crippen LogP contribution in [-0.4, -0.2) is 40.6 Å². The Morgan fingerprint density at radius 2 is 1.58 bits per heavy atom. The molecule has 0 bridgehead atoms. The maximum atomic E-state index is 11.2. The zero-order chi connectivity index (χ0) is 17.6. The van der Waals surface area contributed by atoms with Gasteiger partial charge < -0.3 is 9.47 Å². The molecule has 2 rings (SSSR count). The number of benzene rings is 2. The number of nitrogens with zero attached hydrogens (tertiary/aromatic N) is 1. The van der Waals surface area contributed by atoms with E-state index >= 15 is 0 Å².